The van der Waals surface area contributed by atoms with Crippen molar-refractivity contribution in [1.29, 1.82) is 0 Å². The average molecular weight is 480 g/mol. The minimum atomic E-state index is -3.18. The fourth-order valence-corrected chi connectivity index (χ4v) is 5.92. The quantitative estimate of drug-likeness (QED) is 0.553. The molecule has 0 aliphatic carbocycles. The first-order valence-corrected chi connectivity index (χ1v) is 11.8. The smallest absolute Gasteiger partial charge is 0.290 e. The van der Waals surface area contributed by atoms with Crippen LogP contribution in [0, 0.1) is 12.7 Å². The summed E-state index contributed by atoms with van der Waals surface area (Å²) in [7, 11) is -3.18. The number of aryl methyl sites for hydroxylation is 1. The summed E-state index contributed by atoms with van der Waals surface area (Å²) in [5.41, 5.74) is 1.84. The van der Waals surface area contributed by atoms with Crippen molar-refractivity contribution in [2.75, 3.05) is 11.5 Å². The van der Waals surface area contributed by atoms with Crippen molar-refractivity contribution in [3.05, 3.63) is 69.6 Å². The predicted molar refractivity (Wildman–Crippen MR) is 112 cm³/mol. The third-order valence-corrected chi connectivity index (χ3v) is 7.49. The van der Waals surface area contributed by atoms with Crippen LogP contribution in [0.1, 0.15) is 28.1 Å². The van der Waals surface area contributed by atoms with E-state index in [2.05, 4.69) is 15.9 Å². The Morgan fingerprint density at radius 1 is 1.28 bits per heavy atom. The Labute approximate surface area is 176 Å². The Morgan fingerprint density at radius 2 is 2.07 bits per heavy atom. The molecule has 1 fully saturated rings. The van der Waals surface area contributed by atoms with E-state index < -0.39 is 21.7 Å². The number of hydrogen-bond donors (Lipinski definition) is 0. The van der Waals surface area contributed by atoms with E-state index in [1.165, 1.54) is 18.2 Å². The third-order valence-electron chi connectivity index (χ3n) is 5.24. The van der Waals surface area contributed by atoms with E-state index in [9.17, 15) is 17.6 Å². The van der Waals surface area contributed by atoms with E-state index in [-0.39, 0.29) is 29.7 Å². The van der Waals surface area contributed by atoms with Crippen molar-refractivity contribution >= 4 is 42.6 Å². The standard InChI is InChI=1S/C21H19BrFNO4S/c1-13-18-10-16(23)5-6-19(18)28-20(13)21(25)24(17-7-8-29(26,27)12-17)11-14-3-2-4-15(22)9-14/h2-6,9-10,17H,7-8,11-12H2,1H3/t17-/m1/s1. The normalized spacial score (nSPS) is 18.2. The number of carbonyl (C=O) groups is 1. The monoisotopic (exact) mass is 479 g/mol. The molecule has 1 aliphatic heterocycles. The fraction of sp³-hybridized carbons (Fsp3) is 0.286. The minimum Gasteiger partial charge on any atom is -0.451 e. The average Bonchev–Trinajstić information content (AvgIpc) is 3.19. The number of fused-ring (bicyclic) bond motifs is 1. The van der Waals surface area contributed by atoms with Gasteiger partial charge in [0.15, 0.2) is 15.6 Å². The van der Waals surface area contributed by atoms with Crippen molar-refractivity contribution in [3.63, 3.8) is 0 Å². The second-order valence-corrected chi connectivity index (χ2v) is 10.5. The number of nitrogens with zero attached hydrogens (tertiary/aromatic N) is 1. The van der Waals surface area contributed by atoms with Gasteiger partial charge in [-0.05, 0) is 49.2 Å². The van der Waals surface area contributed by atoms with Gasteiger partial charge in [0, 0.05) is 28.0 Å². The van der Waals surface area contributed by atoms with E-state index in [1.807, 2.05) is 24.3 Å². The highest BCUT2D eigenvalue weighted by molar-refractivity contribution is 9.10. The van der Waals surface area contributed by atoms with Gasteiger partial charge in [0.2, 0.25) is 0 Å². The Bertz CT molecular complexity index is 1200. The topological polar surface area (TPSA) is 67.6 Å². The highest BCUT2D eigenvalue weighted by Crippen LogP contribution is 2.30. The third kappa shape index (κ3) is 4.09. The van der Waals surface area contributed by atoms with Crippen LogP contribution in [-0.2, 0) is 16.4 Å². The maximum absolute atomic E-state index is 13.6. The van der Waals surface area contributed by atoms with Crippen LogP contribution >= 0.6 is 15.9 Å². The van der Waals surface area contributed by atoms with Crippen LogP contribution in [-0.4, -0.2) is 36.8 Å². The van der Waals surface area contributed by atoms with Crippen LogP contribution < -0.4 is 0 Å². The van der Waals surface area contributed by atoms with Gasteiger partial charge in [-0.1, -0.05) is 28.1 Å². The predicted octanol–water partition coefficient (Wildman–Crippen LogP) is 4.47. The van der Waals surface area contributed by atoms with Crippen molar-refractivity contribution < 1.29 is 22.0 Å². The van der Waals surface area contributed by atoms with E-state index >= 15 is 0 Å². The summed E-state index contributed by atoms with van der Waals surface area (Å²) in [6.07, 6.45) is 0.385. The van der Waals surface area contributed by atoms with Gasteiger partial charge >= 0.3 is 0 Å². The molecule has 1 aliphatic rings. The molecule has 2 aromatic carbocycles. The summed E-state index contributed by atoms with van der Waals surface area (Å²) in [6.45, 7) is 1.96. The highest BCUT2D eigenvalue weighted by Gasteiger charge is 2.36. The number of halogens is 2. The zero-order valence-electron chi connectivity index (χ0n) is 15.7. The van der Waals surface area contributed by atoms with Crippen LogP contribution in [0.2, 0.25) is 0 Å². The van der Waals surface area contributed by atoms with E-state index in [0.717, 1.165) is 10.0 Å². The first-order chi connectivity index (χ1) is 13.7. The van der Waals surface area contributed by atoms with Crippen LogP contribution in [0.15, 0.2) is 51.4 Å². The first kappa shape index (κ1) is 20.1. The molecule has 3 aromatic rings. The lowest BCUT2D eigenvalue weighted by Gasteiger charge is -2.28. The molecule has 0 bridgehead atoms. The molecular weight excluding hydrogens is 461 g/mol. The van der Waals surface area contributed by atoms with Gasteiger partial charge in [-0.2, -0.15) is 0 Å². The fourth-order valence-electron chi connectivity index (χ4n) is 3.75. The molecule has 1 saturated heterocycles. The molecule has 0 radical (unpaired) electrons. The molecule has 1 amide bonds. The number of hydrogen-bond acceptors (Lipinski definition) is 4. The van der Waals surface area contributed by atoms with Gasteiger partial charge in [-0.25, -0.2) is 12.8 Å². The number of benzene rings is 2. The summed E-state index contributed by atoms with van der Waals surface area (Å²) < 4.78 is 44.4. The van der Waals surface area contributed by atoms with Gasteiger partial charge in [0.25, 0.3) is 5.91 Å². The van der Waals surface area contributed by atoms with Crippen LogP contribution in [0.3, 0.4) is 0 Å². The molecular formula is C21H19BrFNO4S. The van der Waals surface area contributed by atoms with Crippen molar-refractivity contribution in [2.45, 2.75) is 25.9 Å². The van der Waals surface area contributed by atoms with Gasteiger partial charge < -0.3 is 9.32 Å². The molecule has 2 heterocycles. The molecule has 5 nitrogen and oxygen atoms in total. The van der Waals surface area contributed by atoms with Gasteiger partial charge in [0.05, 0.1) is 11.5 Å². The van der Waals surface area contributed by atoms with Gasteiger partial charge in [0.1, 0.15) is 11.4 Å². The molecule has 1 atom stereocenters. The molecule has 0 saturated carbocycles. The number of furan rings is 1. The second kappa shape index (κ2) is 7.57. The van der Waals surface area contributed by atoms with Crippen LogP contribution in [0.25, 0.3) is 11.0 Å². The van der Waals surface area contributed by atoms with Crippen molar-refractivity contribution in [3.8, 4) is 0 Å². The largest absolute Gasteiger partial charge is 0.451 e. The van der Waals surface area contributed by atoms with Crippen LogP contribution in [0.5, 0.6) is 0 Å². The van der Waals surface area contributed by atoms with E-state index in [1.54, 1.807) is 11.8 Å². The zero-order valence-corrected chi connectivity index (χ0v) is 18.1. The number of rotatable bonds is 4. The first-order valence-electron chi connectivity index (χ1n) is 9.18. The minimum absolute atomic E-state index is 0.0598. The molecule has 8 heteroatoms. The number of amides is 1. The molecule has 4 rings (SSSR count). The van der Waals surface area contributed by atoms with Crippen molar-refractivity contribution in [1.82, 2.24) is 4.90 Å². The molecule has 152 valence electrons. The summed E-state index contributed by atoms with van der Waals surface area (Å²) in [6, 6.07) is 11.2. The SMILES string of the molecule is Cc1c(C(=O)N(Cc2cccc(Br)c2)[C@@H]2CCS(=O)(=O)C2)oc2ccc(F)cc12. The molecule has 29 heavy (non-hydrogen) atoms. The summed E-state index contributed by atoms with van der Waals surface area (Å²) >= 11 is 3.42. The van der Waals surface area contributed by atoms with E-state index in [4.69, 9.17) is 4.42 Å². The highest BCUT2D eigenvalue weighted by atomic mass is 79.9. The summed E-state index contributed by atoms with van der Waals surface area (Å²) in [5.74, 6) is -0.690. The summed E-state index contributed by atoms with van der Waals surface area (Å²) in [5, 5.41) is 0.537. The number of carbonyl (C=O) groups excluding carboxylic acids is 1. The zero-order chi connectivity index (χ0) is 20.8. The Kier molecular flexibility index (Phi) is 5.25. The van der Waals surface area contributed by atoms with E-state index in [0.29, 0.717) is 23.0 Å². The lowest BCUT2D eigenvalue weighted by atomic mass is 10.1. The second-order valence-electron chi connectivity index (χ2n) is 7.32. The van der Waals surface area contributed by atoms with Crippen LogP contribution in [0.4, 0.5) is 4.39 Å². The molecule has 0 N–H and O–H groups in total. The maximum atomic E-state index is 13.6. The van der Waals surface area contributed by atoms with Gasteiger partial charge in [-0.3, -0.25) is 4.79 Å². The molecule has 0 unspecified atom stereocenters. The molecule has 1 aromatic heterocycles. The summed E-state index contributed by atoms with van der Waals surface area (Å²) in [4.78, 5) is 15.0. The lowest BCUT2D eigenvalue weighted by Crippen LogP contribution is -2.40. The number of sulfone groups is 1. The van der Waals surface area contributed by atoms with Gasteiger partial charge in [-0.15, -0.1) is 0 Å². The lowest BCUT2D eigenvalue weighted by molar-refractivity contribution is 0.0649. The molecule has 0 spiro atoms. The Balaban J connectivity index is 1.74. The maximum Gasteiger partial charge on any atom is 0.290 e. The Hall–Kier alpha value is -2.19. The van der Waals surface area contributed by atoms with Crippen molar-refractivity contribution in [2.24, 2.45) is 0 Å². The Morgan fingerprint density at radius 3 is 2.76 bits per heavy atom.